The summed E-state index contributed by atoms with van der Waals surface area (Å²) in [6, 6.07) is 3.10. The number of carbonyl (C=O) groups excluding carboxylic acids is 2. The molecule has 1 aliphatic rings. The van der Waals surface area contributed by atoms with Gasteiger partial charge < -0.3 is 14.4 Å². The molecule has 0 unspecified atom stereocenters. The minimum atomic E-state index is -3.10. The van der Waals surface area contributed by atoms with Crippen LogP contribution >= 0.6 is 11.6 Å². The summed E-state index contributed by atoms with van der Waals surface area (Å²) >= 11 is 5.96. The molecule has 9 heteroatoms. The van der Waals surface area contributed by atoms with E-state index in [1.54, 1.807) is 19.1 Å². The number of sulfone groups is 1. The Labute approximate surface area is 164 Å². The zero-order valence-electron chi connectivity index (χ0n) is 15.7. The summed E-state index contributed by atoms with van der Waals surface area (Å²) in [5.74, 6) is -0.499. The van der Waals surface area contributed by atoms with Crippen molar-refractivity contribution in [3.63, 3.8) is 0 Å². The van der Waals surface area contributed by atoms with E-state index < -0.39 is 28.3 Å². The molecule has 1 fully saturated rings. The zero-order valence-corrected chi connectivity index (χ0v) is 17.2. The molecule has 1 saturated heterocycles. The summed E-state index contributed by atoms with van der Waals surface area (Å²) in [7, 11) is -3.10. The van der Waals surface area contributed by atoms with Gasteiger partial charge in [-0.2, -0.15) is 0 Å². The largest absolute Gasteiger partial charge is 0.481 e. The summed E-state index contributed by atoms with van der Waals surface area (Å²) in [5, 5.41) is 0.583. The van der Waals surface area contributed by atoms with Gasteiger partial charge in [0, 0.05) is 17.6 Å². The highest BCUT2D eigenvalue weighted by Gasteiger charge is 2.34. The van der Waals surface area contributed by atoms with Gasteiger partial charge in [0.15, 0.2) is 23.1 Å². The summed E-state index contributed by atoms with van der Waals surface area (Å²) < 4.78 is 33.7. The Morgan fingerprint density at radius 2 is 1.85 bits per heavy atom. The monoisotopic (exact) mass is 417 g/mol. The number of hydrogen-bond donors (Lipinski definition) is 0. The molecule has 0 bridgehead atoms. The van der Waals surface area contributed by atoms with Crippen molar-refractivity contribution in [2.24, 2.45) is 0 Å². The first kappa shape index (κ1) is 21.5. The number of esters is 1. The van der Waals surface area contributed by atoms with Gasteiger partial charge in [0.25, 0.3) is 5.91 Å². The Bertz CT molecular complexity index is 800. The average molecular weight is 418 g/mol. The van der Waals surface area contributed by atoms with Crippen LogP contribution in [-0.4, -0.2) is 62.5 Å². The first-order valence-corrected chi connectivity index (χ1v) is 10.9. The molecule has 1 heterocycles. The summed E-state index contributed by atoms with van der Waals surface area (Å²) in [6.07, 6.45) is 0.411. The lowest BCUT2D eigenvalue weighted by Gasteiger charge is -2.26. The molecule has 0 radical (unpaired) electrons. The SMILES string of the molecule is CCN(C(=O)COC(=O)COc1c(C)cc(Cl)cc1C)[C@@H]1CCS(=O)(=O)C1. The number of carbonyl (C=O) groups is 2. The van der Waals surface area contributed by atoms with Gasteiger partial charge in [-0.05, 0) is 50.5 Å². The number of amides is 1. The van der Waals surface area contributed by atoms with Crippen molar-refractivity contribution >= 4 is 33.3 Å². The Morgan fingerprint density at radius 3 is 2.37 bits per heavy atom. The van der Waals surface area contributed by atoms with E-state index in [2.05, 4.69) is 0 Å². The van der Waals surface area contributed by atoms with Crippen LogP contribution in [0.2, 0.25) is 5.02 Å². The van der Waals surface area contributed by atoms with Crippen molar-refractivity contribution in [3.8, 4) is 5.75 Å². The van der Waals surface area contributed by atoms with E-state index in [1.807, 2.05) is 13.8 Å². The second kappa shape index (κ2) is 8.93. The average Bonchev–Trinajstić information content (AvgIpc) is 2.92. The Kier molecular flexibility index (Phi) is 7.11. The molecule has 150 valence electrons. The van der Waals surface area contributed by atoms with Gasteiger partial charge in [0.05, 0.1) is 11.5 Å². The summed E-state index contributed by atoms with van der Waals surface area (Å²) in [4.78, 5) is 25.7. The predicted molar refractivity (Wildman–Crippen MR) is 102 cm³/mol. The van der Waals surface area contributed by atoms with Crippen LogP contribution in [0.5, 0.6) is 5.75 Å². The third-order valence-corrected chi connectivity index (χ3v) is 6.39. The van der Waals surface area contributed by atoms with E-state index in [-0.39, 0.29) is 24.2 Å². The lowest BCUT2D eigenvalue weighted by atomic mass is 10.1. The lowest BCUT2D eigenvalue weighted by molar-refractivity contribution is -0.154. The number of aryl methyl sites for hydroxylation is 2. The fourth-order valence-electron chi connectivity index (χ4n) is 3.18. The number of halogens is 1. The highest BCUT2D eigenvalue weighted by Crippen LogP contribution is 2.27. The molecular formula is C18H24ClNO6S. The van der Waals surface area contributed by atoms with Crippen molar-refractivity contribution < 1.29 is 27.5 Å². The molecule has 27 heavy (non-hydrogen) atoms. The van der Waals surface area contributed by atoms with Crippen LogP contribution < -0.4 is 4.74 Å². The van der Waals surface area contributed by atoms with Crippen molar-refractivity contribution in [2.45, 2.75) is 33.2 Å². The quantitative estimate of drug-likeness (QED) is 0.629. The van der Waals surface area contributed by atoms with E-state index in [4.69, 9.17) is 21.1 Å². The van der Waals surface area contributed by atoms with Gasteiger partial charge in [-0.15, -0.1) is 0 Å². The minimum Gasteiger partial charge on any atom is -0.481 e. The molecule has 2 rings (SSSR count). The highest BCUT2D eigenvalue weighted by molar-refractivity contribution is 7.91. The van der Waals surface area contributed by atoms with Gasteiger partial charge in [-0.1, -0.05) is 11.6 Å². The van der Waals surface area contributed by atoms with Gasteiger partial charge in [0.2, 0.25) is 0 Å². The summed E-state index contributed by atoms with van der Waals surface area (Å²) in [5.41, 5.74) is 1.59. The van der Waals surface area contributed by atoms with Crippen molar-refractivity contribution in [2.75, 3.05) is 31.3 Å². The van der Waals surface area contributed by atoms with E-state index in [0.29, 0.717) is 23.7 Å². The number of benzene rings is 1. The van der Waals surface area contributed by atoms with Crippen LogP contribution in [-0.2, 0) is 24.2 Å². The molecule has 0 aliphatic carbocycles. The fraction of sp³-hybridized carbons (Fsp3) is 0.556. The Hall–Kier alpha value is -1.80. The van der Waals surface area contributed by atoms with Crippen molar-refractivity contribution in [1.82, 2.24) is 4.90 Å². The van der Waals surface area contributed by atoms with Crippen molar-refractivity contribution in [3.05, 3.63) is 28.3 Å². The van der Waals surface area contributed by atoms with Gasteiger partial charge >= 0.3 is 5.97 Å². The maximum absolute atomic E-state index is 12.3. The van der Waals surface area contributed by atoms with Crippen LogP contribution in [0.3, 0.4) is 0 Å². The second-order valence-electron chi connectivity index (χ2n) is 6.55. The molecule has 1 aliphatic heterocycles. The lowest BCUT2D eigenvalue weighted by Crippen LogP contribution is -2.43. The number of rotatable bonds is 7. The van der Waals surface area contributed by atoms with E-state index >= 15 is 0 Å². The Morgan fingerprint density at radius 1 is 1.22 bits per heavy atom. The van der Waals surface area contributed by atoms with E-state index in [9.17, 15) is 18.0 Å². The first-order valence-electron chi connectivity index (χ1n) is 8.68. The van der Waals surface area contributed by atoms with E-state index in [1.165, 1.54) is 4.90 Å². The number of likely N-dealkylation sites (N-methyl/N-ethyl adjacent to an activating group) is 1. The van der Waals surface area contributed by atoms with Crippen LogP contribution in [0.15, 0.2) is 12.1 Å². The second-order valence-corrected chi connectivity index (χ2v) is 9.22. The number of nitrogens with zero attached hydrogens (tertiary/aromatic N) is 1. The van der Waals surface area contributed by atoms with Crippen LogP contribution in [0, 0.1) is 13.8 Å². The van der Waals surface area contributed by atoms with Crippen LogP contribution in [0.4, 0.5) is 0 Å². The third-order valence-electron chi connectivity index (χ3n) is 4.43. The van der Waals surface area contributed by atoms with Gasteiger partial charge in [-0.3, -0.25) is 4.79 Å². The number of hydrogen-bond acceptors (Lipinski definition) is 6. The normalized spacial score (nSPS) is 18.1. The molecule has 1 amide bonds. The first-order chi connectivity index (χ1) is 12.6. The molecule has 1 aromatic rings. The van der Waals surface area contributed by atoms with Crippen LogP contribution in [0.25, 0.3) is 0 Å². The van der Waals surface area contributed by atoms with Gasteiger partial charge in [-0.25, -0.2) is 13.2 Å². The molecule has 1 atom stereocenters. The maximum Gasteiger partial charge on any atom is 0.344 e. The minimum absolute atomic E-state index is 0.0429. The highest BCUT2D eigenvalue weighted by atomic mass is 35.5. The molecule has 0 N–H and O–H groups in total. The maximum atomic E-state index is 12.3. The van der Waals surface area contributed by atoms with Gasteiger partial charge in [0.1, 0.15) is 5.75 Å². The Balaban J connectivity index is 1.85. The zero-order chi connectivity index (χ0) is 20.2. The summed E-state index contributed by atoms with van der Waals surface area (Å²) in [6.45, 7) is 4.98. The topological polar surface area (TPSA) is 90.0 Å². The molecule has 0 spiro atoms. The van der Waals surface area contributed by atoms with Crippen molar-refractivity contribution in [1.29, 1.82) is 0 Å². The smallest absolute Gasteiger partial charge is 0.344 e. The molecule has 0 aromatic heterocycles. The van der Waals surface area contributed by atoms with E-state index in [0.717, 1.165) is 11.1 Å². The predicted octanol–water partition coefficient (Wildman–Crippen LogP) is 1.91. The number of ether oxygens (including phenoxy) is 2. The van der Waals surface area contributed by atoms with Crippen LogP contribution in [0.1, 0.15) is 24.5 Å². The third kappa shape index (κ3) is 5.84. The molecule has 7 nitrogen and oxygen atoms in total. The fourth-order valence-corrected chi connectivity index (χ4v) is 5.24. The molecular weight excluding hydrogens is 394 g/mol. The molecule has 0 saturated carbocycles. The molecule has 1 aromatic carbocycles. The standard InChI is InChI=1S/C18H24ClNO6S/c1-4-20(15-5-6-27(23,24)11-15)16(21)9-25-17(22)10-26-18-12(2)7-14(19)8-13(18)3/h7-8,15H,4-6,9-11H2,1-3H3/t15-/m1/s1.